The molecule has 2 nitrogen and oxygen atoms in total. The van der Waals surface area contributed by atoms with E-state index in [2.05, 4.69) is 28.5 Å². The van der Waals surface area contributed by atoms with Gasteiger partial charge in [-0.2, -0.15) is 0 Å². The minimum Gasteiger partial charge on any atom is -0.304 e. The molecule has 3 heteroatoms. The first kappa shape index (κ1) is 12.6. The first-order valence-corrected chi connectivity index (χ1v) is 7.09. The molecule has 2 aromatic rings. The van der Waals surface area contributed by atoms with Crippen LogP contribution in [-0.4, -0.2) is 4.98 Å². The normalized spacial score (nSPS) is 16.3. The van der Waals surface area contributed by atoms with Gasteiger partial charge in [0.05, 0.1) is 5.69 Å². The van der Waals surface area contributed by atoms with Gasteiger partial charge in [-0.15, -0.1) is 0 Å². The van der Waals surface area contributed by atoms with E-state index in [0.29, 0.717) is 6.04 Å². The van der Waals surface area contributed by atoms with Gasteiger partial charge in [0, 0.05) is 23.8 Å². The molecule has 1 aliphatic carbocycles. The predicted octanol–water partition coefficient (Wildman–Crippen LogP) is 3.98. The predicted molar refractivity (Wildman–Crippen MR) is 78.0 cm³/mol. The van der Waals surface area contributed by atoms with Crippen molar-refractivity contribution in [2.24, 2.45) is 5.92 Å². The van der Waals surface area contributed by atoms with Gasteiger partial charge in [-0.05, 0) is 48.6 Å². The van der Waals surface area contributed by atoms with Gasteiger partial charge in [-0.25, -0.2) is 0 Å². The van der Waals surface area contributed by atoms with E-state index in [9.17, 15) is 0 Å². The summed E-state index contributed by atoms with van der Waals surface area (Å²) in [6.45, 7) is 0.810. The molecular formula is C16H17ClN2. The van der Waals surface area contributed by atoms with E-state index >= 15 is 0 Å². The highest BCUT2D eigenvalue weighted by Gasteiger charge is 2.31. The van der Waals surface area contributed by atoms with Gasteiger partial charge < -0.3 is 5.32 Å². The summed E-state index contributed by atoms with van der Waals surface area (Å²) < 4.78 is 0. The molecular weight excluding hydrogens is 256 g/mol. The maximum absolute atomic E-state index is 5.95. The van der Waals surface area contributed by atoms with E-state index in [-0.39, 0.29) is 0 Å². The molecule has 0 unspecified atom stereocenters. The van der Waals surface area contributed by atoms with Crippen molar-refractivity contribution in [3.05, 3.63) is 64.9 Å². The third-order valence-electron chi connectivity index (χ3n) is 3.55. The number of hydrogen-bond acceptors (Lipinski definition) is 2. The molecule has 0 aliphatic heterocycles. The summed E-state index contributed by atoms with van der Waals surface area (Å²) in [5, 5.41) is 4.42. The van der Waals surface area contributed by atoms with Crippen molar-refractivity contribution in [3.8, 4) is 0 Å². The third kappa shape index (κ3) is 3.34. The minimum atomic E-state index is 0.416. The molecule has 0 bridgehead atoms. The average Bonchev–Trinajstić information content (AvgIpc) is 3.27. The van der Waals surface area contributed by atoms with Crippen LogP contribution in [0.4, 0.5) is 0 Å². The summed E-state index contributed by atoms with van der Waals surface area (Å²) in [4.78, 5) is 4.35. The highest BCUT2D eigenvalue weighted by atomic mass is 35.5. The second kappa shape index (κ2) is 5.72. The van der Waals surface area contributed by atoms with Crippen molar-refractivity contribution in [2.75, 3.05) is 0 Å². The molecule has 0 spiro atoms. The van der Waals surface area contributed by atoms with Gasteiger partial charge in [-0.1, -0.05) is 29.8 Å². The number of hydrogen-bond donors (Lipinski definition) is 1. The van der Waals surface area contributed by atoms with Gasteiger partial charge in [-0.3, -0.25) is 4.98 Å². The highest BCUT2D eigenvalue weighted by Crippen LogP contribution is 2.41. The Bertz CT molecular complexity index is 520. The molecule has 0 saturated heterocycles. The summed E-state index contributed by atoms with van der Waals surface area (Å²) in [7, 11) is 0. The number of nitrogens with one attached hydrogen (secondary N) is 1. The maximum Gasteiger partial charge on any atom is 0.0541 e. The van der Waals surface area contributed by atoms with Crippen molar-refractivity contribution in [1.82, 2.24) is 10.3 Å². The van der Waals surface area contributed by atoms with Gasteiger partial charge in [0.2, 0.25) is 0 Å². The van der Waals surface area contributed by atoms with Crippen LogP contribution in [0.5, 0.6) is 0 Å². The molecule has 0 amide bonds. The van der Waals surface area contributed by atoms with Gasteiger partial charge >= 0.3 is 0 Å². The maximum atomic E-state index is 5.95. The van der Waals surface area contributed by atoms with Gasteiger partial charge in [0.1, 0.15) is 0 Å². The summed E-state index contributed by atoms with van der Waals surface area (Å²) in [6, 6.07) is 14.6. The number of rotatable bonds is 5. The molecule has 3 rings (SSSR count). The van der Waals surface area contributed by atoms with Crippen LogP contribution >= 0.6 is 11.6 Å². The van der Waals surface area contributed by atoms with E-state index in [4.69, 9.17) is 11.6 Å². The number of halogens is 1. The van der Waals surface area contributed by atoms with E-state index < -0.39 is 0 Å². The van der Waals surface area contributed by atoms with Crippen LogP contribution in [0.15, 0.2) is 48.7 Å². The number of pyridine rings is 1. The second-order valence-electron chi connectivity index (χ2n) is 5.07. The van der Waals surface area contributed by atoms with Crippen LogP contribution in [0.3, 0.4) is 0 Å². The first-order valence-electron chi connectivity index (χ1n) is 6.72. The Morgan fingerprint density at radius 2 is 1.95 bits per heavy atom. The molecule has 1 heterocycles. The van der Waals surface area contributed by atoms with E-state index in [0.717, 1.165) is 23.2 Å². The Labute approximate surface area is 118 Å². The standard InChI is InChI=1S/C16H17ClN2/c17-14-8-6-13(7-9-14)16(12-4-5-12)19-11-15-3-1-2-10-18-15/h1-3,6-10,12,16,19H,4-5,11H2/t16-/m0/s1. The Kier molecular flexibility index (Phi) is 3.81. The summed E-state index contributed by atoms with van der Waals surface area (Å²) in [6.07, 6.45) is 4.45. The molecule has 1 aromatic heterocycles. The van der Waals surface area contributed by atoms with E-state index in [1.54, 1.807) is 0 Å². The van der Waals surface area contributed by atoms with Crippen LogP contribution in [0.1, 0.15) is 30.1 Å². The smallest absolute Gasteiger partial charge is 0.0541 e. The van der Waals surface area contributed by atoms with Gasteiger partial charge in [0.25, 0.3) is 0 Å². The topological polar surface area (TPSA) is 24.9 Å². The quantitative estimate of drug-likeness (QED) is 0.891. The van der Waals surface area contributed by atoms with Crippen LogP contribution in [-0.2, 0) is 6.54 Å². The Morgan fingerprint density at radius 3 is 2.58 bits per heavy atom. The van der Waals surface area contributed by atoms with Crippen molar-refractivity contribution in [1.29, 1.82) is 0 Å². The molecule has 0 radical (unpaired) electrons. The third-order valence-corrected chi connectivity index (χ3v) is 3.80. The lowest BCUT2D eigenvalue weighted by molar-refractivity contribution is 0.476. The number of benzene rings is 1. The van der Waals surface area contributed by atoms with Crippen molar-refractivity contribution >= 4 is 11.6 Å². The summed E-state index contributed by atoms with van der Waals surface area (Å²) >= 11 is 5.95. The van der Waals surface area contributed by atoms with E-state index in [1.807, 2.05) is 30.5 Å². The molecule has 1 N–H and O–H groups in total. The zero-order valence-corrected chi connectivity index (χ0v) is 11.5. The van der Waals surface area contributed by atoms with Gasteiger partial charge in [0.15, 0.2) is 0 Å². The molecule has 19 heavy (non-hydrogen) atoms. The monoisotopic (exact) mass is 272 g/mol. The molecule has 1 aliphatic rings. The summed E-state index contributed by atoms with van der Waals surface area (Å²) in [5.74, 6) is 0.755. The number of aromatic nitrogens is 1. The lowest BCUT2D eigenvalue weighted by atomic mass is 10.0. The van der Waals surface area contributed by atoms with Crippen LogP contribution < -0.4 is 5.32 Å². The van der Waals surface area contributed by atoms with Crippen molar-refractivity contribution in [2.45, 2.75) is 25.4 Å². The fourth-order valence-electron chi connectivity index (χ4n) is 2.37. The van der Waals surface area contributed by atoms with Crippen molar-refractivity contribution in [3.63, 3.8) is 0 Å². The van der Waals surface area contributed by atoms with E-state index in [1.165, 1.54) is 18.4 Å². The summed E-state index contributed by atoms with van der Waals surface area (Å²) in [5.41, 5.74) is 2.41. The highest BCUT2D eigenvalue weighted by molar-refractivity contribution is 6.30. The fraction of sp³-hybridized carbons (Fsp3) is 0.312. The Morgan fingerprint density at radius 1 is 1.16 bits per heavy atom. The Hall–Kier alpha value is -1.38. The van der Waals surface area contributed by atoms with Crippen LogP contribution in [0, 0.1) is 5.92 Å². The number of nitrogens with zero attached hydrogens (tertiary/aromatic N) is 1. The minimum absolute atomic E-state index is 0.416. The van der Waals surface area contributed by atoms with Crippen molar-refractivity contribution < 1.29 is 0 Å². The first-order chi connectivity index (χ1) is 9.33. The molecule has 1 saturated carbocycles. The SMILES string of the molecule is Clc1ccc([C@@H](NCc2ccccn2)C2CC2)cc1. The zero-order valence-electron chi connectivity index (χ0n) is 10.7. The Balaban J connectivity index is 1.69. The van der Waals surface area contributed by atoms with Crippen LogP contribution in [0.25, 0.3) is 0 Å². The molecule has 1 atom stereocenters. The lowest BCUT2D eigenvalue weighted by Gasteiger charge is -2.18. The second-order valence-corrected chi connectivity index (χ2v) is 5.51. The lowest BCUT2D eigenvalue weighted by Crippen LogP contribution is -2.23. The molecule has 1 aromatic carbocycles. The average molecular weight is 273 g/mol. The van der Waals surface area contributed by atoms with Crippen LogP contribution in [0.2, 0.25) is 5.02 Å². The molecule has 98 valence electrons. The fourth-order valence-corrected chi connectivity index (χ4v) is 2.50. The molecule has 1 fully saturated rings. The largest absolute Gasteiger partial charge is 0.304 e. The zero-order chi connectivity index (χ0) is 13.1.